The molecule has 0 radical (unpaired) electrons. The van der Waals surface area contributed by atoms with Gasteiger partial charge in [0.25, 0.3) is 5.91 Å². The number of methoxy groups -OCH3 is 2. The van der Waals surface area contributed by atoms with Crippen molar-refractivity contribution in [2.24, 2.45) is 0 Å². The SMILES string of the molecule is COc1cc(OC)c(/C=C(/C#N)C(=O)NCCCc2ccccc2)cc1Br. The zero-order valence-electron chi connectivity index (χ0n) is 15.3. The van der Waals surface area contributed by atoms with E-state index in [4.69, 9.17) is 9.47 Å². The summed E-state index contributed by atoms with van der Waals surface area (Å²) in [7, 11) is 3.08. The van der Waals surface area contributed by atoms with Crippen LogP contribution < -0.4 is 14.8 Å². The molecule has 0 saturated heterocycles. The van der Waals surface area contributed by atoms with Gasteiger partial charge in [0.2, 0.25) is 0 Å². The van der Waals surface area contributed by atoms with Gasteiger partial charge in [-0.3, -0.25) is 4.79 Å². The van der Waals surface area contributed by atoms with Crippen molar-refractivity contribution >= 4 is 27.9 Å². The van der Waals surface area contributed by atoms with Crippen molar-refractivity contribution in [2.45, 2.75) is 12.8 Å². The van der Waals surface area contributed by atoms with Gasteiger partial charge in [-0.15, -0.1) is 0 Å². The molecule has 1 amide bonds. The molecule has 2 rings (SSSR count). The molecule has 0 aliphatic heterocycles. The number of benzene rings is 2. The summed E-state index contributed by atoms with van der Waals surface area (Å²) in [5, 5.41) is 12.2. The first-order valence-electron chi connectivity index (χ1n) is 8.44. The van der Waals surface area contributed by atoms with Crippen molar-refractivity contribution in [2.75, 3.05) is 20.8 Å². The number of nitrogens with zero attached hydrogens (tertiary/aromatic N) is 1. The first-order chi connectivity index (χ1) is 13.1. The number of carbonyl (C=O) groups excluding carboxylic acids is 1. The third-order valence-electron chi connectivity index (χ3n) is 3.94. The molecule has 0 aliphatic carbocycles. The molecule has 5 nitrogen and oxygen atoms in total. The molecule has 6 heteroatoms. The summed E-state index contributed by atoms with van der Waals surface area (Å²) in [5.74, 6) is 0.715. The van der Waals surface area contributed by atoms with E-state index in [0.29, 0.717) is 28.1 Å². The number of hydrogen-bond acceptors (Lipinski definition) is 4. The molecule has 27 heavy (non-hydrogen) atoms. The van der Waals surface area contributed by atoms with Crippen LogP contribution in [0, 0.1) is 11.3 Å². The van der Waals surface area contributed by atoms with Crippen molar-refractivity contribution in [1.29, 1.82) is 5.26 Å². The van der Waals surface area contributed by atoms with Crippen molar-refractivity contribution in [1.82, 2.24) is 5.32 Å². The lowest BCUT2D eigenvalue weighted by atomic mass is 10.1. The van der Waals surface area contributed by atoms with Gasteiger partial charge in [0.1, 0.15) is 23.1 Å². The van der Waals surface area contributed by atoms with E-state index < -0.39 is 5.91 Å². The first-order valence-corrected chi connectivity index (χ1v) is 9.23. The number of amides is 1. The lowest BCUT2D eigenvalue weighted by molar-refractivity contribution is -0.117. The largest absolute Gasteiger partial charge is 0.496 e. The highest BCUT2D eigenvalue weighted by molar-refractivity contribution is 9.10. The van der Waals surface area contributed by atoms with Crippen molar-refractivity contribution in [3.05, 3.63) is 63.6 Å². The molecule has 0 spiro atoms. The van der Waals surface area contributed by atoms with Gasteiger partial charge in [-0.05, 0) is 46.5 Å². The average Bonchev–Trinajstić information content (AvgIpc) is 2.70. The van der Waals surface area contributed by atoms with Crippen molar-refractivity contribution in [3.63, 3.8) is 0 Å². The number of halogens is 1. The molecule has 0 atom stereocenters. The fourth-order valence-corrected chi connectivity index (χ4v) is 3.06. The Labute approximate surface area is 167 Å². The Balaban J connectivity index is 2.04. The van der Waals surface area contributed by atoms with E-state index in [1.165, 1.54) is 18.7 Å². The van der Waals surface area contributed by atoms with E-state index in [2.05, 4.69) is 33.4 Å². The number of rotatable bonds is 8. The van der Waals surface area contributed by atoms with E-state index in [1.807, 2.05) is 24.3 Å². The number of carbonyl (C=O) groups is 1. The molecule has 0 aromatic heterocycles. The Morgan fingerprint density at radius 2 is 1.89 bits per heavy atom. The van der Waals surface area contributed by atoms with Crippen LogP contribution in [-0.2, 0) is 11.2 Å². The van der Waals surface area contributed by atoms with Crippen LogP contribution in [0.15, 0.2) is 52.5 Å². The van der Waals surface area contributed by atoms with Crippen molar-refractivity contribution < 1.29 is 14.3 Å². The molecule has 0 unspecified atom stereocenters. The summed E-state index contributed by atoms with van der Waals surface area (Å²) in [6, 6.07) is 15.5. The van der Waals surface area contributed by atoms with Gasteiger partial charge in [-0.25, -0.2) is 0 Å². The summed E-state index contributed by atoms with van der Waals surface area (Å²) >= 11 is 3.40. The molecular formula is C21H21BrN2O3. The summed E-state index contributed by atoms with van der Waals surface area (Å²) < 4.78 is 11.3. The van der Waals surface area contributed by atoms with Crippen LogP contribution in [0.5, 0.6) is 11.5 Å². The second-order valence-corrected chi connectivity index (χ2v) is 6.60. The van der Waals surface area contributed by atoms with Gasteiger partial charge in [0, 0.05) is 18.2 Å². The summed E-state index contributed by atoms with van der Waals surface area (Å²) in [4.78, 5) is 12.3. The highest BCUT2D eigenvalue weighted by Crippen LogP contribution is 2.33. The Hall–Kier alpha value is -2.78. The van der Waals surface area contributed by atoms with Crippen LogP contribution in [0.2, 0.25) is 0 Å². The maximum atomic E-state index is 12.3. The Morgan fingerprint density at radius 1 is 1.19 bits per heavy atom. The molecule has 0 heterocycles. The second-order valence-electron chi connectivity index (χ2n) is 5.74. The Kier molecular flexibility index (Phi) is 7.90. The van der Waals surface area contributed by atoms with Gasteiger partial charge >= 0.3 is 0 Å². The lowest BCUT2D eigenvalue weighted by Crippen LogP contribution is -2.25. The summed E-state index contributed by atoms with van der Waals surface area (Å²) in [6.07, 6.45) is 3.17. The van der Waals surface area contributed by atoms with Crippen LogP contribution in [0.3, 0.4) is 0 Å². The van der Waals surface area contributed by atoms with E-state index in [0.717, 1.165) is 12.8 Å². The highest BCUT2D eigenvalue weighted by atomic mass is 79.9. The monoisotopic (exact) mass is 428 g/mol. The maximum absolute atomic E-state index is 12.3. The Bertz CT molecular complexity index is 858. The smallest absolute Gasteiger partial charge is 0.261 e. The van der Waals surface area contributed by atoms with E-state index in [1.54, 1.807) is 19.2 Å². The normalized spacial score (nSPS) is 10.8. The van der Waals surface area contributed by atoms with Crippen LogP contribution in [0.1, 0.15) is 17.5 Å². The predicted octanol–water partition coefficient (Wildman–Crippen LogP) is 4.12. The number of aryl methyl sites for hydroxylation is 1. The minimum absolute atomic E-state index is 0.0186. The standard InChI is InChI=1S/C21H21BrN2O3/c1-26-19-13-20(27-2)18(22)12-16(19)11-17(14-23)21(25)24-10-6-9-15-7-4-3-5-8-15/h3-5,7-8,11-13H,6,9-10H2,1-2H3,(H,24,25)/b17-11-. The predicted molar refractivity (Wildman–Crippen MR) is 109 cm³/mol. The van der Waals surface area contributed by atoms with E-state index in [9.17, 15) is 10.1 Å². The van der Waals surface area contributed by atoms with Crippen LogP contribution in [-0.4, -0.2) is 26.7 Å². The van der Waals surface area contributed by atoms with Gasteiger partial charge in [0.15, 0.2) is 0 Å². The molecule has 0 aliphatic rings. The minimum atomic E-state index is -0.403. The van der Waals surface area contributed by atoms with Gasteiger partial charge in [0.05, 0.1) is 18.7 Å². The molecule has 1 N–H and O–H groups in total. The fraction of sp³-hybridized carbons (Fsp3) is 0.238. The maximum Gasteiger partial charge on any atom is 0.261 e. The number of nitriles is 1. The summed E-state index contributed by atoms with van der Waals surface area (Å²) in [6.45, 7) is 0.496. The van der Waals surface area contributed by atoms with Gasteiger partial charge in [-0.1, -0.05) is 30.3 Å². The van der Waals surface area contributed by atoms with Crippen LogP contribution >= 0.6 is 15.9 Å². The molecule has 0 saturated carbocycles. The molecule has 140 valence electrons. The molecule has 0 bridgehead atoms. The number of ether oxygens (including phenoxy) is 2. The van der Waals surface area contributed by atoms with E-state index in [-0.39, 0.29) is 5.57 Å². The number of nitrogens with one attached hydrogen (secondary N) is 1. The Morgan fingerprint density at radius 3 is 2.52 bits per heavy atom. The average molecular weight is 429 g/mol. The third-order valence-corrected chi connectivity index (χ3v) is 4.56. The number of hydrogen-bond donors (Lipinski definition) is 1. The summed E-state index contributed by atoms with van der Waals surface area (Å²) in [5.41, 5.74) is 1.85. The quantitative estimate of drug-likeness (QED) is 0.389. The second kappa shape index (κ2) is 10.4. The third kappa shape index (κ3) is 5.87. The van der Waals surface area contributed by atoms with Crippen LogP contribution in [0.4, 0.5) is 0 Å². The minimum Gasteiger partial charge on any atom is -0.496 e. The molecule has 2 aromatic rings. The highest BCUT2D eigenvalue weighted by Gasteiger charge is 2.13. The van der Waals surface area contributed by atoms with Crippen molar-refractivity contribution in [3.8, 4) is 17.6 Å². The van der Waals surface area contributed by atoms with Crippen LogP contribution in [0.25, 0.3) is 6.08 Å². The fourth-order valence-electron chi connectivity index (χ4n) is 2.53. The topological polar surface area (TPSA) is 71.3 Å². The molecular weight excluding hydrogens is 408 g/mol. The molecule has 2 aromatic carbocycles. The molecule has 0 fully saturated rings. The zero-order chi connectivity index (χ0) is 19.6. The lowest BCUT2D eigenvalue weighted by Gasteiger charge is -2.10. The van der Waals surface area contributed by atoms with Gasteiger partial charge < -0.3 is 14.8 Å². The van der Waals surface area contributed by atoms with E-state index >= 15 is 0 Å². The zero-order valence-corrected chi connectivity index (χ0v) is 16.9. The first kappa shape index (κ1) is 20.5. The van der Waals surface area contributed by atoms with Gasteiger partial charge in [-0.2, -0.15) is 5.26 Å².